The number of carboxylic acids is 5. The van der Waals surface area contributed by atoms with Crippen molar-refractivity contribution in [2.45, 2.75) is 108 Å². The SMILES string of the molecule is CC(=O)N[C@@H](CCC(=O)O)C(=O)N[C@@H](CCC(=O)O)C(=O)NCC(=O)N(CCCOc1cc(C#N)cc(C#N)c1)CC(=O)N[C@@H](Cc1c[nH]c2ccccc12)C(=O)NCCCC[C@H](NC(=O)N[C@@H](CCC(=O)O)C(=O)O)C(=O)O. The number of carbonyl (C=O) groups excluding carboxylic acids is 7. The molecular weight excluding hydrogens is 1040 g/mol. The lowest BCUT2D eigenvalue weighted by atomic mass is 10.0. The summed E-state index contributed by atoms with van der Waals surface area (Å²) in [4.78, 5) is 154. The highest BCUT2D eigenvalue weighted by atomic mass is 16.5. The average Bonchev–Trinajstić information content (AvgIpc) is 3.83. The minimum absolute atomic E-state index is 0.00162. The summed E-state index contributed by atoms with van der Waals surface area (Å²) >= 11 is 0. The number of hydrogen-bond acceptors (Lipinski definition) is 15. The van der Waals surface area contributed by atoms with Gasteiger partial charge in [-0.3, -0.25) is 43.2 Å². The van der Waals surface area contributed by atoms with Gasteiger partial charge in [-0.05, 0) is 74.8 Å². The molecule has 0 bridgehead atoms. The number of carboxylic acid groups (broad SMARTS) is 5. The van der Waals surface area contributed by atoms with Crippen LogP contribution in [0.5, 0.6) is 5.75 Å². The Balaban J connectivity index is 1.81. The van der Waals surface area contributed by atoms with Gasteiger partial charge in [0.15, 0.2) is 0 Å². The van der Waals surface area contributed by atoms with Gasteiger partial charge in [-0.2, -0.15) is 10.5 Å². The number of amides is 8. The summed E-state index contributed by atoms with van der Waals surface area (Å²) in [6, 6.07) is 6.30. The second-order valence-corrected chi connectivity index (χ2v) is 17.7. The van der Waals surface area contributed by atoms with Crippen molar-refractivity contribution in [1.29, 1.82) is 10.5 Å². The maximum Gasteiger partial charge on any atom is 0.326 e. The zero-order chi connectivity index (χ0) is 58.6. The number of aromatic nitrogens is 1. The molecule has 29 heteroatoms. The summed E-state index contributed by atoms with van der Waals surface area (Å²) in [5.74, 6) is -12.1. The predicted molar refractivity (Wildman–Crippen MR) is 271 cm³/mol. The van der Waals surface area contributed by atoms with E-state index in [0.29, 0.717) is 16.5 Å². The van der Waals surface area contributed by atoms with Crippen molar-refractivity contribution in [1.82, 2.24) is 47.1 Å². The third-order valence-corrected chi connectivity index (χ3v) is 11.6. The standard InChI is InChI=1S/C50H61N11O18/c1-28(62)56-36(11-14-43(67)68)47(73)58-35(10-13-42(65)66)45(71)55-26-41(64)61(17-6-18-79-32-20-29(23-51)19-30(21-32)24-52)27-40(63)57-39(22-31-25-54-34-8-3-2-7-33(31)34)46(72)53-16-5-4-9-37(48(74)75)59-50(78)60-38(49(76)77)12-15-44(69)70/h2-3,7-8,19-21,25,35-39,54H,4-6,9-18,22,26-27H2,1H3,(H,53,72)(H,55,71)(H,56,62)(H,57,63)(H,58,73)(H,65,66)(H,67,68)(H,69,70)(H,74,75)(H,76,77)(H2,59,60,78)/t35-,36-,37-,38-,39-/m0/s1. The number of nitrogens with one attached hydrogen (secondary N) is 8. The second kappa shape index (κ2) is 32.6. The normalized spacial score (nSPS) is 12.5. The lowest BCUT2D eigenvalue weighted by Crippen LogP contribution is -2.55. The third-order valence-electron chi connectivity index (χ3n) is 11.6. The summed E-state index contributed by atoms with van der Waals surface area (Å²) in [6.07, 6.45) is -1.59. The van der Waals surface area contributed by atoms with Gasteiger partial charge in [0.2, 0.25) is 35.4 Å². The number of unbranched alkanes of at least 4 members (excludes halogenated alkanes) is 1. The van der Waals surface area contributed by atoms with Gasteiger partial charge in [0.05, 0.1) is 43.0 Å². The molecule has 3 rings (SSSR count). The van der Waals surface area contributed by atoms with Crippen LogP contribution < -0.4 is 42.0 Å². The summed E-state index contributed by atoms with van der Waals surface area (Å²) in [5.41, 5.74) is 1.56. The molecule has 13 N–H and O–H groups in total. The molecule has 0 unspecified atom stereocenters. The number of ether oxygens (including phenoxy) is 1. The Morgan fingerprint density at radius 1 is 0.633 bits per heavy atom. The number of benzene rings is 2. The van der Waals surface area contributed by atoms with E-state index >= 15 is 0 Å². The summed E-state index contributed by atoms with van der Waals surface area (Å²) < 4.78 is 5.74. The lowest BCUT2D eigenvalue weighted by molar-refractivity contribution is -0.141. The van der Waals surface area contributed by atoms with Gasteiger partial charge in [0.25, 0.3) is 0 Å². The van der Waals surface area contributed by atoms with Gasteiger partial charge in [-0.1, -0.05) is 18.2 Å². The molecule has 424 valence electrons. The molecule has 8 amide bonds. The number of hydrogen-bond donors (Lipinski definition) is 13. The van der Waals surface area contributed by atoms with Gasteiger partial charge in [0.1, 0.15) is 36.0 Å². The van der Waals surface area contributed by atoms with E-state index < -0.39 is 153 Å². The fourth-order valence-electron chi connectivity index (χ4n) is 7.63. The largest absolute Gasteiger partial charge is 0.493 e. The fraction of sp³-hybridized carbons (Fsp3) is 0.440. The number of rotatable bonds is 35. The van der Waals surface area contributed by atoms with Crippen LogP contribution in [0.3, 0.4) is 0 Å². The number of nitriles is 2. The number of carbonyl (C=O) groups is 12. The molecule has 5 atom stereocenters. The van der Waals surface area contributed by atoms with Gasteiger partial charge in [-0.25, -0.2) is 14.4 Å². The van der Waals surface area contributed by atoms with Crippen LogP contribution >= 0.6 is 0 Å². The highest BCUT2D eigenvalue weighted by Gasteiger charge is 2.30. The molecule has 29 nitrogen and oxygen atoms in total. The first kappa shape index (κ1) is 63.5. The maximum atomic E-state index is 14.0. The van der Waals surface area contributed by atoms with Crippen molar-refractivity contribution in [2.24, 2.45) is 0 Å². The molecular formula is C50H61N11O18. The molecule has 0 aliphatic carbocycles. The minimum atomic E-state index is -1.62. The Morgan fingerprint density at radius 3 is 1.76 bits per heavy atom. The van der Waals surface area contributed by atoms with Crippen molar-refractivity contribution >= 4 is 82.2 Å². The summed E-state index contributed by atoms with van der Waals surface area (Å²) in [7, 11) is 0. The Kier molecular flexibility index (Phi) is 26.2. The zero-order valence-electron chi connectivity index (χ0n) is 42.7. The van der Waals surface area contributed by atoms with E-state index in [1.807, 2.05) is 17.5 Å². The fourth-order valence-corrected chi connectivity index (χ4v) is 7.63. The van der Waals surface area contributed by atoms with Crippen LogP contribution in [0.4, 0.5) is 4.79 Å². The molecule has 0 fully saturated rings. The van der Waals surface area contributed by atoms with E-state index in [-0.39, 0.29) is 68.7 Å². The van der Waals surface area contributed by atoms with Crippen LogP contribution in [-0.4, -0.2) is 170 Å². The van der Waals surface area contributed by atoms with Crippen molar-refractivity contribution in [2.75, 3.05) is 32.8 Å². The Morgan fingerprint density at radius 2 is 1.19 bits per heavy atom. The summed E-state index contributed by atoms with van der Waals surface area (Å²) in [6.45, 7) is -0.971. The molecule has 0 radical (unpaired) electrons. The highest BCUT2D eigenvalue weighted by molar-refractivity contribution is 5.95. The van der Waals surface area contributed by atoms with Crippen LogP contribution in [0.15, 0.2) is 48.7 Å². The predicted octanol–water partition coefficient (Wildman–Crippen LogP) is -0.572. The molecule has 0 aliphatic heterocycles. The molecule has 1 heterocycles. The maximum absolute atomic E-state index is 14.0. The number of fused-ring (bicyclic) bond motifs is 1. The quantitative estimate of drug-likeness (QED) is 0.0328. The molecule has 0 aliphatic rings. The number of nitrogens with zero attached hydrogens (tertiary/aromatic N) is 3. The summed E-state index contributed by atoms with van der Waals surface area (Å²) in [5, 5.41) is 82.3. The minimum Gasteiger partial charge on any atom is -0.493 e. The Hall–Kier alpha value is -9.80. The number of aromatic amines is 1. The van der Waals surface area contributed by atoms with E-state index in [9.17, 15) is 83.4 Å². The molecule has 0 saturated carbocycles. The first-order valence-corrected chi connectivity index (χ1v) is 24.5. The van der Waals surface area contributed by atoms with Gasteiger partial charge in [0, 0.05) is 62.8 Å². The van der Waals surface area contributed by atoms with Crippen molar-refractivity contribution in [3.05, 3.63) is 65.4 Å². The monoisotopic (exact) mass is 1100 g/mol. The lowest BCUT2D eigenvalue weighted by Gasteiger charge is -2.25. The molecule has 0 saturated heterocycles. The van der Waals surface area contributed by atoms with Crippen LogP contribution in [0.25, 0.3) is 10.9 Å². The van der Waals surface area contributed by atoms with E-state index in [1.165, 1.54) is 18.2 Å². The highest BCUT2D eigenvalue weighted by Crippen LogP contribution is 2.20. The van der Waals surface area contributed by atoms with Crippen LogP contribution in [0, 0.1) is 22.7 Å². The zero-order valence-corrected chi connectivity index (χ0v) is 42.7. The number of para-hydroxylation sites is 1. The van der Waals surface area contributed by atoms with Crippen LogP contribution in [0.2, 0.25) is 0 Å². The van der Waals surface area contributed by atoms with E-state index in [4.69, 9.17) is 14.9 Å². The number of urea groups is 1. The first-order chi connectivity index (χ1) is 37.5. The molecule has 1 aromatic heterocycles. The van der Waals surface area contributed by atoms with E-state index in [1.54, 1.807) is 30.5 Å². The number of aliphatic carboxylic acids is 5. The van der Waals surface area contributed by atoms with Gasteiger partial charge < -0.3 is 77.4 Å². The van der Waals surface area contributed by atoms with E-state index in [2.05, 4.69) is 36.9 Å². The first-order valence-electron chi connectivity index (χ1n) is 24.5. The van der Waals surface area contributed by atoms with Gasteiger partial charge in [-0.15, -0.1) is 0 Å². The molecule has 79 heavy (non-hydrogen) atoms. The van der Waals surface area contributed by atoms with Crippen LogP contribution in [-0.2, 0) is 59.2 Å². The van der Waals surface area contributed by atoms with E-state index in [0.717, 1.165) is 11.8 Å². The van der Waals surface area contributed by atoms with Crippen molar-refractivity contribution < 1.29 is 87.8 Å². The van der Waals surface area contributed by atoms with Crippen molar-refractivity contribution in [3.63, 3.8) is 0 Å². The number of H-pyrrole nitrogens is 1. The topological polar surface area (TPSA) is 466 Å². The second-order valence-electron chi connectivity index (χ2n) is 17.7. The smallest absolute Gasteiger partial charge is 0.326 e. The average molecular weight is 1100 g/mol. The Bertz CT molecular complexity index is 2770. The van der Waals surface area contributed by atoms with Crippen molar-refractivity contribution in [3.8, 4) is 17.9 Å². The van der Waals surface area contributed by atoms with Gasteiger partial charge >= 0.3 is 35.9 Å². The molecule has 0 spiro atoms. The molecule has 2 aromatic carbocycles. The Labute approximate surface area is 450 Å². The van der Waals surface area contributed by atoms with Crippen LogP contribution in [0.1, 0.15) is 87.8 Å². The molecule has 3 aromatic rings. The third kappa shape index (κ3) is 23.3.